The Kier molecular flexibility index (Phi) is 12.2. The normalized spacial score (nSPS) is 12.6. The quantitative estimate of drug-likeness (QED) is 0.225. The van der Waals surface area contributed by atoms with Gasteiger partial charge in [0.15, 0.2) is 0 Å². The molecule has 0 saturated carbocycles. The summed E-state index contributed by atoms with van der Waals surface area (Å²) in [6.07, 6.45) is 12.8. The molecule has 0 aliphatic carbocycles. The summed E-state index contributed by atoms with van der Waals surface area (Å²) in [6.45, 7) is 8.94. The van der Waals surface area contributed by atoms with E-state index in [0.717, 1.165) is 44.3 Å². The molecule has 0 heterocycles. The van der Waals surface area contributed by atoms with Crippen molar-refractivity contribution in [1.29, 1.82) is 0 Å². The molecular formula is C29H38FNO2. The Morgan fingerprint density at radius 3 is 2.15 bits per heavy atom. The number of benzene rings is 2. The van der Waals surface area contributed by atoms with E-state index < -0.39 is 5.92 Å². The highest BCUT2D eigenvalue weighted by atomic mass is 19.1. The molecule has 0 spiro atoms. The highest BCUT2D eigenvalue weighted by Gasteiger charge is 2.19. The third-order valence-electron chi connectivity index (χ3n) is 5.61. The molecule has 2 aromatic carbocycles. The second-order valence-corrected chi connectivity index (χ2v) is 8.17. The van der Waals surface area contributed by atoms with Crippen LogP contribution in [0.1, 0.15) is 57.9 Å². The second-order valence-electron chi connectivity index (χ2n) is 8.17. The summed E-state index contributed by atoms with van der Waals surface area (Å²) in [5, 5.41) is 0. The van der Waals surface area contributed by atoms with Crippen molar-refractivity contribution in [3.05, 3.63) is 84.2 Å². The van der Waals surface area contributed by atoms with Crippen molar-refractivity contribution >= 4 is 5.97 Å². The number of nitrogens with zero attached hydrogens (tertiary/aromatic N) is 1. The van der Waals surface area contributed by atoms with Gasteiger partial charge in [-0.3, -0.25) is 9.69 Å². The largest absolute Gasteiger partial charge is 0.464 e. The van der Waals surface area contributed by atoms with Crippen molar-refractivity contribution in [3.8, 4) is 11.1 Å². The molecule has 0 saturated heterocycles. The molecule has 0 aliphatic heterocycles. The average molecular weight is 452 g/mol. The fraction of sp³-hybridized carbons (Fsp3) is 0.414. The lowest BCUT2D eigenvalue weighted by Crippen LogP contribution is -2.30. The van der Waals surface area contributed by atoms with Gasteiger partial charge < -0.3 is 4.74 Å². The molecule has 1 atom stereocenters. The van der Waals surface area contributed by atoms with Crippen LogP contribution in [0.4, 0.5) is 4.39 Å². The first-order valence-electron chi connectivity index (χ1n) is 12.1. The topological polar surface area (TPSA) is 29.5 Å². The Labute approximate surface area is 199 Å². The third kappa shape index (κ3) is 9.35. The first-order valence-corrected chi connectivity index (χ1v) is 12.1. The lowest BCUT2D eigenvalue weighted by atomic mass is 9.97. The molecule has 3 nitrogen and oxygen atoms in total. The van der Waals surface area contributed by atoms with Crippen LogP contribution in [0.2, 0.25) is 0 Å². The monoisotopic (exact) mass is 451 g/mol. The molecule has 33 heavy (non-hydrogen) atoms. The fourth-order valence-corrected chi connectivity index (χ4v) is 3.61. The van der Waals surface area contributed by atoms with Gasteiger partial charge in [-0.25, -0.2) is 4.39 Å². The van der Waals surface area contributed by atoms with Crippen LogP contribution in [0.5, 0.6) is 0 Å². The summed E-state index contributed by atoms with van der Waals surface area (Å²) < 4.78 is 20.3. The number of rotatable bonds is 14. The zero-order valence-electron chi connectivity index (χ0n) is 20.3. The van der Waals surface area contributed by atoms with Crippen molar-refractivity contribution in [3.63, 3.8) is 0 Å². The van der Waals surface area contributed by atoms with Gasteiger partial charge in [0.25, 0.3) is 0 Å². The Morgan fingerprint density at radius 1 is 0.939 bits per heavy atom. The zero-order chi connectivity index (χ0) is 23.9. The highest BCUT2D eigenvalue weighted by molar-refractivity contribution is 5.78. The fourth-order valence-electron chi connectivity index (χ4n) is 3.61. The SMILES string of the molecule is CCC=CCCN(CCC=CCC)CCOC(=O)C(C)c1ccc(-c2ccccc2)c(F)c1. The van der Waals surface area contributed by atoms with E-state index in [2.05, 4.69) is 43.1 Å². The van der Waals surface area contributed by atoms with Gasteiger partial charge in [0, 0.05) is 25.2 Å². The van der Waals surface area contributed by atoms with E-state index in [-0.39, 0.29) is 11.8 Å². The van der Waals surface area contributed by atoms with E-state index in [1.165, 1.54) is 6.07 Å². The number of hydrogen-bond acceptors (Lipinski definition) is 3. The zero-order valence-corrected chi connectivity index (χ0v) is 20.3. The number of ether oxygens (including phenoxy) is 1. The molecular weight excluding hydrogens is 413 g/mol. The second kappa shape index (κ2) is 15.2. The van der Waals surface area contributed by atoms with E-state index in [9.17, 15) is 9.18 Å². The predicted molar refractivity (Wildman–Crippen MR) is 136 cm³/mol. The maximum atomic E-state index is 14.7. The molecule has 0 amide bonds. The van der Waals surface area contributed by atoms with Gasteiger partial charge in [0.1, 0.15) is 12.4 Å². The summed E-state index contributed by atoms with van der Waals surface area (Å²) in [7, 11) is 0. The van der Waals surface area contributed by atoms with Crippen LogP contribution in [-0.2, 0) is 9.53 Å². The summed E-state index contributed by atoms with van der Waals surface area (Å²) in [5.74, 6) is -1.17. The first-order chi connectivity index (χ1) is 16.1. The smallest absolute Gasteiger partial charge is 0.313 e. The molecule has 0 fully saturated rings. The summed E-state index contributed by atoms with van der Waals surface area (Å²) >= 11 is 0. The maximum Gasteiger partial charge on any atom is 0.313 e. The van der Waals surface area contributed by atoms with Gasteiger partial charge in [-0.1, -0.05) is 80.6 Å². The van der Waals surface area contributed by atoms with Crippen LogP contribution in [0, 0.1) is 5.82 Å². The average Bonchev–Trinajstić information content (AvgIpc) is 2.83. The van der Waals surface area contributed by atoms with Crippen molar-refractivity contribution in [2.24, 2.45) is 0 Å². The van der Waals surface area contributed by atoms with Gasteiger partial charge in [0.05, 0.1) is 5.92 Å². The molecule has 4 heteroatoms. The number of carbonyl (C=O) groups is 1. The molecule has 0 radical (unpaired) electrons. The first kappa shape index (κ1) is 26.5. The summed E-state index contributed by atoms with van der Waals surface area (Å²) in [6, 6.07) is 14.4. The van der Waals surface area contributed by atoms with Gasteiger partial charge in [-0.05, 0) is 49.8 Å². The van der Waals surface area contributed by atoms with E-state index >= 15 is 0 Å². The molecule has 0 bridgehead atoms. The van der Waals surface area contributed by atoms with Crippen LogP contribution < -0.4 is 0 Å². The number of carbonyl (C=O) groups excluding carboxylic acids is 1. The van der Waals surface area contributed by atoms with E-state index in [1.54, 1.807) is 13.0 Å². The van der Waals surface area contributed by atoms with Crippen LogP contribution in [-0.4, -0.2) is 37.1 Å². The molecule has 0 aliphatic rings. The van der Waals surface area contributed by atoms with E-state index in [1.807, 2.05) is 36.4 Å². The minimum absolute atomic E-state index is 0.321. The Hall–Kier alpha value is -2.72. The minimum atomic E-state index is -0.516. The van der Waals surface area contributed by atoms with Crippen molar-refractivity contribution in [2.45, 2.75) is 52.4 Å². The molecule has 2 aromatic rings. The van der Waals surface area contributed by atoms with Crippen molar-refractivity contribution in [2.75, 3.05) is 26.2 Å². The third-order valence-corrected chi connectivity index (χ3v) is 5.61. The lowest BCUT2D eigenvalue weighted by Gasteiger charge is -2.21. The maximum absolute atomic E-state index is 14.7. The van der Waals surface area contributed by atoms with Crippen LogP contribution in [0.25, 0.3) is 11.1 Å². The Bertz CT molecular complexity index is 874. The number of hydrogen-bond donors (Lipinski definition) is 0. The predicted octanol–water partition coefficient (Wildman–Crippen LogP) is 7.15. The van der Waals surface area contributed by atoms with Crippen LogP contribution in [0.3, 0.4) is 0 Å². The number of allylic oxidation sites excluding steroid dienone is 2. The van der Waals surface area contributed by atoms with Crippen LogP contribution in [0.15, 0.2) is 72.8 Å². The Morgan fingerprint density at radius 2 is 1.58 bits per heavy atom. The number of halogens is 1. The molecule has 1 unspecified atom stereocenters. The van der Waals surface area contributed by atoms with E-state index in [0.29, 0.717) is 24.3 Å². The van der Waals surface area contributed by atoms with Gasteiger partial charge in [0.2, 0.25) is 0 Å². The molecule has 2 rings (SSSR count). The highest BCUT2D eigenvalue weighted by Crippen LogP contribution is 2.26. The minimum Gasteiger partial charge on any atom is -0.464 e. The summed E-state index contributed by atoms with van der Waals surface area (Å²) in [4.78, 5) is 14.9. The van der Waals surface area contributed by atoms with Crippen LogP contribution >= 0.6 is 0 Å². The van der Waals surface area contributed by atoms with Crippen molar-refractivity contribution < 1.29 is 13.9 Å². The van der Waals surface area contributed by atoms with Gasteiger partial charge in [-0.2, -0.15) is 0 Å². The molecule has 0 N–H and O–H groups in total. The van der Waals surface area contributed by atoms with Gasteiger partial charge >= 0.3 is 5.97 Å². The van der Waals surface area contributed by atoms with Gasteiger partial charge in [-0.15, -0.1) is 0 Å². The van der Waals surface area contributed by atoms with Crippen molar-refractivity contribution in [1.82, 2.24) is 4.90 Å². The van der Waals surface area contributed by atoms with E-state index in [4.69, 9.17) is 4.74 Å². The standard InChI is InChI=1S/C29H38FNO2/c1-4-6-8-13-19-31(20-14-9-7-5-2)21-22-33-29(32)24(3)26-17-18-27(28(30)23-26)25-15-11-10-12-16-25/h6-12,15-18,23-24H,4-5,13-14,19-22H2,1-3H3. The number of esters is 1. The Balaban J connectivity index is 1.89. The lowest BCUT2D eigenvalue weighted by molar-refractivity contribution is -0.145. The molecule has 178 valence electrons. The summed E-state index contributed by atoms with van der Waals surface area (Å²) in [5.41, 5.74) is 1.98. The molecule has 0 aromatic heterocycles.